The van der Waals surface area contributed by atoms with Crippen LogP contribution in [0.15, 0.2) is 35.3 Å². The van der Waals surface area contributed by atoms with E-state index >= 15 is 4.79 Å². The summed E-state index contributed by atoms with van der Waals surface area (Å²) in [4.78, 5) is 158. The fourth-order valence-corrected chi connectivity index (χ4v) is 11.2. The molecule has 85 heavy (non-hydrogen) atoms. The molecule has 3 fully saturated rings. The number of rotatable bonds is 34. The van der Waals surface area contributed by atoms with E-state index in [2.05, 4.69) is 67.5 Å². The van der Waals surface area contributed by atoms with Crippen molar-refractivity contribution in [2.24, 2.45) is 39.8 Å². The minimum atomic E-state index is -1.46. The molecule has 2 aliphatic heterocycles. The lowest BCUT2D eigenvalue weighted by Gasteiger charge is -2.34. The van der Waals surface area contributed by atoms with Gasteiger partial charge >= 0.3 is 5.97 Å². The number of guanidine groups is 1. The lowest BCUT2D eigenvalue weighted by molar-refractivity contribution is -0.148. The summed E-state index contributed by atoms with van der Waals surface area (Å²) in [5.41, 5.74) is 23.0. The Morgan fingerprint density at radius 1 is 0.671 bits per heavy atom. The van der Waals surface area contributed by atoms with E-state index in [1.54, 1.807) is 51.1 Å². The molecule has 0 spiro atoms. The van der Waals surface area contributed by atoms with E-state index < -0.39 is 137 Å². The number of nitrogens with two attached hydrogens (primary N) is 4. The molecule has 1 saturated carbocycles. The molecule has 2 heterocycles. The van der Waals surface area contributed by atoms with Gasteiger partial charge in [0.25, 0.3) is 0 Å². The molecular formula is C56H90N14O13S2. The Kier molecular flexibility index (Phi) is 29.7. The van der Waals surface area contributed by atoms with E-state index in [0.29, 0.717) is 24.8 Å². The van der Waals surface area contributed by atoms with Gasteiger partial charge in [0.05, 0.1) is 12.1 Å². The molecule has 0 bridgehead atoms. The van der Waals surface area contributed by atoms with Crippen molar-refractivity contribution in [2.45, 2.75) is 196 Å². The molecule has 1 aromatic rings. The molecule has 17 N–H and O–H groups in total. The minimum Gasteiger partial charge on any atom is -0.480 e. The first-order valence-corrected chi connectivity index (χ1v) is 30.7. The Bertz CT molecular complexity index is 2490. The van der Waals surface area contributed by atoms with Gasteiger partial charge in [0, 0.05) is 50.4 Å². The molecule has 0 unspecified atom stereocenters. The maximum atomic E-state index is 15.1. The van der Waals surface area contributed by atoms with Gasteiger partial charge in [-0.2, -0.15) is 25.3 Å². The Morgan fingerprint density at radius 2 is 1.25 bits per heavy atom. The van der Waals surface area contributed by atoms with Crippen LogP contribution in [0.4, 0.5) is 0 Å². The lowest BCUT2D eigenvalue weighted by Crippen LogP contribution is -2.61. The number of carbonyl (C=O) groups is 11. The van der Waals surface area contributed by atoms with Crippen LogP contribution in [0.2, 0.25) is 0 Å². The third kappa shape index (κ3) is 22.3. The molecule has 1 aromatic carbocycles. The Morgan fingerprint density at radius 3 is 1.84 bits per heavy atom. The normalized spacial score (nSPS) is 20.1. The molecule has 12 atom stereocenters. The topological polar surface area (TPSA) is 435 Å². The number of nitrogens with one attached hydrogen (secondary N) is 7. The fraction of sp³-hybridized carbons (Fsp3) is 0.679. The van der Waals surface area contributed by atoms with Crippen LogP contribution < -0.4 is 60.2 Å². The predicted molar refractivity (Wildman–Crippen MR) is 322 cm³/mol. The maximum Gasteiger partial charge on any atom is 0.327 e. The fourth-order valence-electron chi connectivity index (χ4n) is 10.8. The molecular weight excluding hydrogens is 1140 g/mol. The zero-order valence-electron chi connectivity index (χ0n) is 48.9. The third-order valence-electron chi connectivity index (χ3n) is 15.7. The minimum absolute atomic E-state index is 0.00134. The first-order valence-electron chi connectivity index (χ1n) is 29.4. The van der Waals surface area contributed by atoms with Gasteiger partial charge in [-0.3, -0.25) is 52.9 Å². The first kappa shape index (κ1) is 70.8. The zero-order chi connectivity index (χ0) is 62.9. The average Bonchev–Trinajstić information content (AvgIpc) is 2.63. The molecule has 474 valence electrons. The molecule has 10 amide bonds. The second kappa shape index (κ2) is 35.7. The summed E-state index contributed by atoms with van der Waals surface area (Å²) in [7, 11) is 0. The van der Waals surface area contributed by atoms with Crippen molar-refractivity contribution >= 4 is 96.3 Å². The second-order valence-corrected chi connectivity index (χ2v) is 23.0. The van der Waals surface area contributed by atoms with Crippen LogP contribution in [0.3, 0.4) is 0 Å². The number of likely N-dealkylation sites (tertiary alicyclic amines) is 2. The quantitative estimate of drug-likeness (QED) is 0.0153. The summed E-state index contributed by atoms with van der Waals surface area (Å²) in [6, 6.07) is -3.78. The monoisotopic (exact) mass is 1230 g/mol. The Balaban J connectivity index is 1.62. The highest BCUT2D eigenvalue weighted by Crippen LogP contribution is 2.29. The number of primary amides is 1. The van der Waals surface area contributed by atoms with E-state index in [9.17, 15) is 58.2 Å². The molecule has 1 aliphatic carbocycles. The molecule has 29 heteroatoms. The number of carboxylic acid groups (broad SMARTS) is 1. The van der Waals surface area contributed by atoms with Gasteiger partial charge in [-0.25, -0.2) is 4.79 Å². The van der Waals surface area contributed by atoms with E-state index in [0.717, 1.165) is 32.1 Å². The number of hydrogen-bond donors (Lipinski definition) is 15. The third-order valence-corrected chi connectivity index (χ3v) is 16.5. The average molecular weight is 1230 g/mol. The number of aliphatic imine (C=N–C) groups is 1. The molecule has 0 radical (unpaired) electrons. The largest absolute Gasteiger partial charge is 0.480 e. The van der Waals surface area contributed by atoms with Crippen LogP contribution in [0.25, 0.3) is 0 Å². The Labute approximate surface area is 507 Å². The van der Waals surface area contributed by atoms with Gasteiger partial charge in [0.15, 0.2) is 5.96 Å². The van der Waals surface area contributed by atoms with Crippen molar-refractivity contribution in [1.82, 2.24) is 47.0 Å². The number of amides is 10. The molecule has 2 saturated heterocycles. The van der Waals surface area contributed by atoms with Gasteiger partial charge in [0.1, 0.15) is 54.4 Å². The number of hydrogen-bond acceptors (Lipinski definition) is 16. The van der Waals surface area contributed by atoms with Crippen LogP contribution in [0, 0.1) is 11.8 Å². The summed E-state index contributed by atoms with van der Waals surface area (Å²) in [5, 5.41) is 39.2. The summed E-state index contributed by atoms with van der Waals surface area (Å²) in [6.07, 6.45) is 3.95. The van der Waals surface area contributed by atoms with Crippen LogP contribution in [-0.4, -0.2) is 189 Å². The number of carboxylic acids is 1. The standard InChI is InChI=1S/C56H90N14O13S2/c1-4-14-36(47(74)67-41(30-85)55(82)83)64-52(79)45(31(3)5-2)68-51(78)43-27-34(71)28-70(43)54(81)42-20-13-24-69(42)53(80)40(26-33-17-10-7-11-18-33)66-50(77)39(25-32-15-8-6-9-16-32)65-49(76)38(21-22-44(58)72)63-48(75)37(19-12-23-61-56(59)60)62-46(73)35(57)29-84/h7,10-11,17-18,31-32,34-43,45,71,84-85H,4-6,8-9,12-16,19-30,57H2,1-3H3,(H2,58,72)(H,62,73)(H,63,75)(H,64,79)(H,65,76)(H,66,77)(H,67,74)(H,68,78)(H,82,83)(H4,59,60,61)/t31-,34+,35-,36-,37-,38-,39-,40-,41-,42-,43-,45-/m0/s1. The van der Waals surface area contributed by atoms with Crippen molar-refractivity contribution in [1.29, 1.82) is 0 Å². The lowest BCUT2D eigenvalue weighted by atomic mass is 9.84. The van der Waals surface area contributed by atoms with Crippen LogP contribution in [0.1, 0.15) is 129 Å². The molecule has 27 nitrogen and oxygen atoms in total. The van der Waals surface area contributed by atoms with Gasteiger partial charge < -0.3 is 80.2 Å². The van der Waals surface area contributed by atoms with Crippen molar-refractivity contribution in [3.63, 3.8) is 0 Å². The van der Waals surface area contributed by atoms with Gasteiger partial charge in [0.2, 0.25) is 59.1 Å². The van der Waals surface area contributed by atoms with Gasteiger partial charge in [-0.05, 0) is 62.3 Å². The Hall–Kier alpha value is -6.72. The number of aliphatic hydroxyl groups excluding tert-OH is 1. The number of aliphatic hydroxyl groups is 1. The van der Waals surface area contributed by atoms with Crippen molar-refractivity contribution < 1.29 is 63.0 Å². The van der Waals surface area contributed by atoms with E-state index in [4.69, 9.17) is 22.9 Å². The van der Waals surface area contributed by atoms with E-state index in [1.807, 2.05) is 0 Å². The van der Waals surface area contributed by atoms with Crippen molar-refractivity contribution in [3.05, 3.63) is 35.9 Å². The summed E-state index contributed by atoms with van der Waals surface area (Å²) in [5.74, 6) is -9.74. The molecule has 0 aromatic heterocycles. The predicted octanol–water partition coefficient (Wildman–Crippen LogP) is -2.02. The first-order chi connectivity index (χ1) is 40.4. The highest BCUT2D eigenvalue weighted by atomic mass is 32.1. The number of nitrogens with zero attached hydrogens (tertiary/aromatic N) is 3. The van der Waals surface area contributed by atoms with Crippen molar-refractivity contribution in [2.75, 3.05) is 31.1 Å². The highest BCUT2D eigenvalue weighted by molar-refractivity contribution is 7.80. The molecule has 4 rings (SSSR count). The number of benzene rings is 1. The van der Waals surface area contributed by atoms with Crippen molar-refractivity contribution in [3.8, 4) is 0 Å². The second-order valence-electron chi connectivity index (χ2n) is 22.3. The van der Waals surface area contributed by atoms with Gasteiger partial charge in [-0.15, -0.1) is 0 Å². The van der Waals surface area contributed by atoms with Crippen LogP contribution in [-0.2, 0) is 59.2 Å². The van der Waals surface area contributed by atoms with Gasteiger partial charge in [-0.1, -0.05) is 96.0 Å². The van der Waals surface area contributed by atoms with Crippen LogP contribution in [0.5, 0.6) is 0 Å². The zero-order valence-corrected chi connectivity index (χ0v) is 50.7. The summed E-state index contributed by atoms with van der Waals surface area (Å²) in [6.45, 7) is 5.16. The smallest absolute Gasteiger partial charge is 0.327 e. The maximum absolute atomic E-state index is 15.1. The SMILES string of the molecule is CCC[C@H](NC(=O)[C@@H](NC(=O)[C@@H]1C[C@@H](O)CN1C(=O)[C@@H]1CCCN1C(=O)[C@H](Cc1ccccc1)NC(=O)[C@H](CC1CCCCC1)NC(=O)[C@H](CCC(N)=O)NC(=O)[C@H](CCCN=C(N)N)NC(=O)[C@@H](N)CS)[C@@H](C)CC)C(=O)N[C@@H](CS)C(=O)O. The van der Waals surface area contributed by atoms with E-state index in [1.165, 1.54) is 9.80 Å². The number of carbonyl (C=O) groups excluding carboxylic acids is 10. The molecule has 3 aliphatic rings. The van der Waals surface area contributed by atoms with Crippen LogP contribution >= 0.6 is 25.3 Å². The number of aliphatic carboxylic acids is 1. The summed E-state index contributed by atoms with van der Waals surface area (Å²) >= 11 is 8.09. The number of β-amino-alcohol motifs (C(OH)–C–C–N with tert-alkyl or cyclic N) is 1. The number of thiol groups is 2. The highest BCUT2D eigenvalue weighted by Gasteiger charge is 2.47. The summed E-state index contributed by atoms with van der Waals surface area (Å²) < 4.78 is 0. The van der Waals surface area contributed by atoms with E-state index in [-0.39, 0.29) is 101 Å².